The lowest BCUT2D eigenvalue weighted by Crippen LogP contribution is -2.47. The highest BCUT2D eigenvalue weighted by atomic mass is 127. The van der Waals surface area contributed by atoms with Gasteiger partial charge in [0.2, 0.25) is 0 Å². The number of hydrogen-bond acceptors (Lipinski definition) is 4. The van der Waals surface area contributed by atoms with Gasteiger partial charge in [0, 0.05) is 52.7 Å². The van der Waals surface area contributed by atoms with E-state index in [0.29, 0.717) is 12.7 Å². The van der Waals surface area contributed by atoms with Crippen molar-refractivity contribution in [2.75, 3.05) is 33.4 Å². The summed E-state index contributed by atoms with van der Waals surface area (Å²) in [6, 6.07) is 18.7. The second kappa shape index (κ2) is 13.8. The molecule has 4 rings (SSSR count). The Morgan fingerprint density at radius 1 is 0.970 bits per heavy atom. The van der Waals surface area contributed by atoms with Crippen LogP contribution in [0.4, 0.5) is 0 Å². The van der Waals surface area contributed by atoms with Gasteiger partial charge in [-0.2, -0.15) is 0 Å². The van der Waals surface area contributed by atoms with E-state index < -0.39 is 0 Å². The summed E-state index contributed by atoms with van der Waals surface area (Å²) in [4.78, 5) is 6.83. The first-order chi connectivity index (χ1) is 15.8. The molecule has 0 saturated carbocycles. The molecule has 0 atom stereocenters. The smallest absolute Gasteiger partial charge is 0.193 e. The Hall–Kier alpha value is -1.84. The summed E-state index contributed by atoms with van der Waals surface area (Å²) in [6.45, 7) is 4.90. The molecule has 0 amide bonds. The van der Waals surface area contributed by atoms with Crippen molar-refractivity contribution >= 4 is 29.9 Å². The molecule has 33 heavy (non-hydrogen) atoms. The Labute approximate surface area is 214 Å². The van der Waals surface area contributed by atoms with Gasteiger partial charge >= 0.3 is 0 Å². The number of piperidine rings is 1. The second-order valence-corrected chi connectivity index (χ2v) is 8.46. The standard InChI is InChI=1S/C26H35N3O3.HI/c1-27-26(29-14-10-25(11-15-29)32-24-8-3-2-4-9-24)28-19-21-6-5-7-22(18-21)20-31-23-12-16-30-17-13-23;/h2-9,18,23,25H,10-17,19-20H2,1H3,(H,27,28);1H. The number of hydrogen-bond donors (Lipinski definition) is 1. The van der Waals surface area contributed by atoms with Crippen LogP contribution in [0.5, 0.6) is 5.75 Å². The van der Waals surface area contributed by atoms with E-state index in [1.54, 1.807) is 0 Å². The highest BCUT2D eigenvalue weighted by Crippen LogP contribution is 2.19. The third-order valence-electron chi connectivity index (χ3n) is 6.10. The highest BCUT2D eigenvalue weighted by Gasteiger charge is 2.22. The van der Waals surface area contributed by atoms with Gasteiger partial charge in [-0.15, -0.1) is 24.0 Å². The summed E-state index contributed by atoms with van der Waals surface area (Å²) in [6.07, 6.45) is 4.55. The number of guanidine groups is 1. The molecule has 180 valence electrons. The molecule has 0 radical (unpaired) electrons. The van der Waals surface area contributed by atoms with E-state index in [9.17, 15) is 0 Å². The van der Waals surface area contributed by atoms with Gasteiger partial charge in [0.05, 0.1) is 12.7 Å². The zero-order chi connectivity index (χ0) is 22.0. The number of benzene rings is 2. The van der Waals surface area contributed by atoms with E-state index in [1.807, 2.05) is 37.4 Å². The fourth-order valence-electron chi connectivity index (χ4n) is 4.28. The zero-order valence-corrected chi connectivity index (χ0v) is 21.8. The molecule has 0 aromatic heterocycles. The maximum Gasteiger partial charge on any atom is 0.193 e. The topological polar surface area (TPSA) is 55.3 Å². The number of nitrogens with one attached hydrogen (secondary N) is 1. The molecule has 2 aliphatic rings. The average Bonchev–Trinajstić information content (AvgIpc) is 2.86. The Bertz CT molecular complexity index is 851. The molecule has 2 saturated heterocycles. The quantitative estimate of drug-likeness (QED) is 0.302. The summed E-state index contributed by atoms with van der Waals surface area (Å²) in [5.74, 6) is 1.90. The minimum atomic E-state index is 0. The van der Waals surface area contributed by atoms with Crippen LogP contribution < -0.4 is 10.1 Å². The van der Waals surface area contributed by atoms with Crippen molar-refractivity contribution < 1.29 is 14.2 Å². The van der Waals surface area contributed by atoms with Crippen molar-refractivity contribution in [2.24, 2.45) is 4.99 Å². The summed E-state index contributed by atoms with van der Waals surface area (Å²) >= 11 is 0. The molecule has 0 aliphatic carbocycles. The van der Waals surface area contributed by atoms with Crippen LogP contribution in [-0.4, -0.2) is 56.4 Å². The molecule has 2 aliphatic heterocycles. The zero-order valence-electron chi connectivity index (χ0n) is 19.4. The maximum absolute atomic E-state index is 6.12. The van der Waals surface area contributed by atoms with Gasteiger partial charge in [-0.1, -0.05) is 42.5 Å². The molecule has 2 aromatic rings. The van der Waals surface area contributed by atoms with Crippen molar-refractivity contribution in [2.45, 2.75) is 51.0 Å². The third-order valence-corrected chi connectivity index (χ3v) is 6.10. The van der Waals surface area contributed by atoms with Gasteiger partial charge in [-0.3, -0.25) is 4.99 Å². The van der Waals surface area contributed by atoms with E-state index in [4.69, 9.17) is 14.2 Å². The lowest BCUT2D eigenvalue weighted by Gasteiger charge is -2.34. The molecule has 6 nitrogen and oxygen atoms in total. The summed E-state index contributed by atoms with van der Waals surface area (Å²) in [5.41, 5.74) is 2.45. The Kier molecular flexibility index (Phi) is 10.8. The molecular formula is C26H36IN3O3. The van der Waals surface area contributed by atoms with Crippen molar-refractivity contribution in [1.82, 2.24) is 10.2 Å². The van der Waals surface area contributed by atoms with Gasteiger partial charge in [-0.05, 0) is 36.1 Å². The minimum Gasteiger partial charge on any atom is -0.490 e. The van der Waals surface area contributed by atoms with E-state index in [2.05, 4.69) is 39.5 Å². The van der Waals surface area contributed by atoms with Crippen LogP contribution in [-0.2, 0) is 22.6 Å². The Balaban J connectivity index is 0.00000306. The first-order valence-corrected chi connectivity index (χ1v) is 11.7. The molecule has 0 spiro atoms. The number of likely N-dealkylation sites (tertiary alicyclic amines) is 1. The van der Waals surface area contributed by atoms with Crippen LogP contribution in [0.1, 0.15) is 36.8 Å². The molecule has 7 heteroatoms. The predicted molar refractivity (Wildman–Crippen MR) is 142 cm³/mol. The number of ether oxygens (including phenoxy) is 3. The largest absolute Gasteiger partial charge is 0.490 e. The van der Waals surface area contributed by atoms with Crippen molar-refractivity contribution in [3.8, 4) is 5.75 Å². The maximum atomic E-state index is 6.12. The lowest BCUT2D eigenvalue weighted by molar-refractivity contribution is -0.0390. The summed E-state index contributed by atoms with van der Waals surface area (Å²) in [5, 5.41) is 3.53. The predicted octanol–water partition coefficient (Wildman–Crippen LogP) is 4.62. The lowest BCUT2D eigenvalue weighted by atomic mass is 10.1. The summed E-state index contributed by atoms with van der Waals surface area (Å²) < 4.78 is 17.6. The summed E-state index contributed by atoms with van der Waals surface area (Å²) in [7, 11) is 1.85. The van der Waals surface area contributed by atoms with E-state index in [1.165, 1.54) is 11.1 Å². The number of aliphatic imine (C=N–C) groups is 1. The molecule has 0 bridgehead atoms. The normalized spacial score (nSPS) is 18.0. The second-order valence-electron chi connectivity index (χ2n) is 8.46. The molecule has 2 heterocycles. The molecular weight excluding hydrogens is 529 g/mol. The van der Waals surface area contributed by atoms with Crippen LogP contribution in [0.2, 0.25) is 0 Å². The van der Waals surface area contributed by atoms with Gasteiger partial charge in [-0.25, -0.2) is 0 Å². The van der Waals surface area contributed by atoms with Gasteiger partial charge in [0.1, 0.15) is 11.9 Å². The molecule has 2 aromatic carbocycles. The van der Waals surface area contributed by atoms with E-state index in [0.717, 1.165) is 70.2 Å². The van der Waals surface area contributed by atoms with Crippen LogP contribution in [0, 0.1) is 0 Å². The number of halogens is 1. The Morgan fingerprint density at radius 3 is 2.42 bits per heavy atom. The van der Waals surface area contributed by atoms with Crippen molar-refractivity contribution in [3.63, 3.8) is 0 Å². The van der Waals surface area contributed by atoms with Crippen LogP contribution in [0.25, 0.3) is 0 Å². The molecule has 0 unspecified atom stereocenters. The highest BCUT2D eigenvalue weighted by molar-refractivity contribution is 14.0. The van der Waals surface area contributed by atoms with Crippen LogP contribution in [0.3, 0.4) is 0 Å². The van der Waals surface area contributed by atoms with E-state index in [-0.39, 0.29) is 30.1 Å². The first-order valence-electron chi connectivity index (χ1n) is 11.7. The molecule has 2 fully saturated rings. The molecule has 1 N–H and O–H groups in total. The number of para-hydroxylation sites is 1. The fraction of sp³-hybridized carbons (Fsp3) is 0.500. The van der Waals surface area contributed by atoms with Gasteiger partial charge in [0.25, 0.3) is 0 Å². The van der Waals surface area contributed by atoms with Gasteiger partial charge in [0.15, 0.2) is 5.96 Å². The SMILES string of the molecule is CN=C(NCc1cccc(COC2CCOCC2)c1)N1CCC(Oc2ccccc2)CC1.I. The van der Waals surface area contributed by atoms with E-state index >= 15 is 0 Å². The fourth-order valence-corrected chi connectivity index (χ4v) is 4.28. The van der Waals surface area contributed by atoms with Crippen LogP contribution >= 0.6 is 24.0 Å². The third kappa shape index (κ3) is 8.15. The van der Waals surface area contributed by atoms with Crippen molar-refractivity contribution in [3.05, 3.63) is 65.7 Å². The van der Waals surface area contributed by atoms with Crippen molar-refractivity contribution in [1.29, 1.82) is 0 Å². The van der Waals surface area contributed by atoms with Crippen LogP contribution in [0.15, 0.2) is 59.6 Å². The van der Waals surface area contributed by atoms with Gasteiger partial charge < -0.3 is 24.4 Å². The number of rotatable bonds is 7. The first kappa shape index (κ1) is 25.8. The Morgan fingerprint density at radius 2 is 1.70 bits per heavy atom. The number of nitrogens with zero attached hydrogens (tertiary/aromatic N) is 2. The minimum absolute atomic E-state index is 0. The average molecular weight is 565 g/mol. The monoisotopic (exact) mass is 565 g/mol.